The number of amides is 1. The van der Waals surface area contributed by atoms with Gasteiger partial charge >= 0.3 is 0 Å². The van der Waals surface area contributed by atoms with Crippen LogP contribution >= 0.6 is 11.8 Å². The summed E-state index contributed by atoms with van der Waals surface area (Å²) in [5, 5.41) is 7.07. The van der Waals surface area contributed by atoms with E-state index in [1.807, 2.05) is 11.8 Å². The van der Waals surface area contributed by atoms with Crippen molar-refractivity contribution in [1.82, 2.24) is 10.6 Å². The number of methoxy groups -OCH3 is 1. The maximum absolute atomic E-state index is 12.2. The molecule has 1 heterocycles. The van der Waals surface area contributed by atoms with Gasteiger partial charge in [-0.25, -0.2) is 0 Å². The highest BCUT2D eigenvalue weighted by atomic mass is 32.2. The van der Waals surface area contributed by atoms with Crippen molar-refractivity contribution in [3.63, 3.8) is 0 Å². The lowest BCUT2D eigenvalue weighted by Gasteiger charge is -2.22. The molecule has 1 saturated carbocycles. The van der Waals surface area contributed by atoms with E-state index in [2.05, 4.69) is 17.6 Å². The van der Waals surface area contributed by atoms with E-state index in [0.717, 1.165) is 25.1 Å². The second kappa shape index (κ2) is 6.78. The third-order valence-corrected chi connectivity index (χ3v) is 5.23. The normalized spacial score (nSPS) is 35.9. The molecule has 0 spiro atoms. The van der Waals surface area contributed by atoms with Crippen molar-refractivity contribution in [3.8, 4) is 0 Å². The third-order valence-electron chi connectivity index (χ3n) is 3.90. The van der Waals surface area contributed by atoms with Gasteiger partial charge in [0.15, 0.2) is 0 Å². The summed E-state index contributed by atoms with van der Waals surface area (Å²) in [6.07, 6.45) is 4.58. The third kappa shape index (κ3) is 3.39. The van der Waals surface area contributed by atoms with Gasteiger partial charge in [-0.3, -0.25) is 4.79 Å². The molecule has 1 amide bonds. The van der Waals surface area contributed by atoms with Crippen molar-refractivity contribution in [1.29, 1.82) is 0 Å². The molecule has 1 saturated heterocycles. The second-order valence-electron chi connectivity index (χ2n) is 5.09. The van der Waals surface area contributed by atoms with Gasteiger partial charge in [0.2, 0.25) is 5.91 Å². The van der Waals surface area contributed by atoms with Crippen molar-refractivity contribution in [2.45, 2.75) is 56.0 Å². The topological polar surface area (TPSA) is 50.4 Å². The maximum Gasteiger partial charge on any atom is 0.237 e. The Labute approximate surface area is 114 Å². The molecule has 0 aromatic heterocycles. The lowest BCUT2D eigenvalue weighted by molar-refractivity contribution is -0.123. The zero-order valence-electron chi connectivity index (χ0n) is 11.3. The Kier molecular flexibility index (Phi) is 5.33. The van der Waals surface area contributed by atoms with E-state index < -0.39 is 0 Å². The van der Waals surface area contributed by atoms with Crippen molar-refractivity contribution in [2.24, 2.45) is 0 Å². The first kappa shape index (κ1) is 14.2. The average molecular weight is 272 g/mol. The Bertz CT molecular complexity index is 288. The fraction of sp³-hybridized carbons (Fsp3) is 0.923. The van der Waals surface area contributed by atoms with Crippen LogP contribution in [0.2, 0.25) is 0 Å². The first-order chi connectivity index (χ1) is 8.74. The van der Waals surface area contributed by atoms with Gasteiger partial charge < -0.3 is 15.4 Å². The molecule has 1 aliphatic carbocycles. The van der Waals surface area contributed by atoms with E-state index in [-0.39, 0.29) is 18.1 Å². The molecule has 4 atom stereocenters. The first-order valence-electron chi connectivity index (χ1n) is 6.92. The minimum Gasteiger partial charge on any atom is -0.380 e. The van der Waals surface area contributed by atoms with E-state index in [1.54, 1.807) is 7.11 Å². The highest BCUT2D eigenvalue weighted by molar-refractivity contribution is 7.99. The van der Waals surface area contributed by atoms with E-state index in [4.69, 9.17) is 4.74 Å². The summed E-state index contributed by atoms with van der Waals surface area (Å²) < 4.78 is 5.27. The number of hydrogen-bond donors (Lipinski definition) is 2. The predicted octanol–water partition coefficient (Wildman–Crippen LogP) is 1.15. The van der Waals surface area contributed by atoms with E-state index in [0.29, 0.717) is 11.3 Å². The van der Waals surface area contributed by atoms with E-state index in [1.165, 1.54) is 12.8 Å². The number of thioether (sulfide) groups is 1. The second-order valence-corrected chi connectivity index (χ2v) is 6.61. The number of carbonyl (C=O) groups is 1. The summed E-state index contributed by atoms with van der Waals surface area (Å²) in [5.41, 5.74) is 0. The highest BCUT2D eigenvalue weighted by Crippen LogP contribution is 2.30. The fourth-order valence-electron chi connectivity index (χ4n) is 2.87. The quantitative estimate of drug-likeness (QED) is 0.788. The van der Waals surface area contributed by atoms with Crippen molar-refractivity contribution >= 4 is 17.7 Å². The molecule has 1 aliphatic heterocycles. The lowest BCUT2D eigenvalue weighted by atomic mass is 10.1. The molecule has 2 rings (SSSR count). The van der Waals surface area contributed by atoms with Crippen LogP contribution in [0.25, 0.3) is 0 Å². The number of hydrogen-bond acceptors (Lipinski definition) is 4. The molecular weight excluding hydrogens is 248 g/mol. The Morgan fingerprint density at radius 1 is 1.50 bits per heavy atom. The summed E-state index contributed by atoms with van der Waals surface area (Å²) in [6.45, 7) is 2.97. The SMILES string of the molecule is CCSC1CCCC1NC(=O)C1CC(OC)CN1. The molecular formula is C13H24N2O2S. The minimum absolute atomic E-state index is 0.0668. The lowest BCUT2D eigenvalue weighted by Crippen LogP contribution is -2.47. The fourth-order valence-corrected chi connectivity index (χ4v) is 4.07. The molecule has 2 N–H and O–H groups in total. The molecule has 4 unspecified atom stereocenters. The van der Waals surface area contributed by atoms with Crippen molar-refractivity contribution in [3.05, 3.63) is 0 Å². The molecule has 5 heteroatoms. The Balaban J connectivity index is 1.80. The smallest absolute Gasteiger partial charge is 0.237 e. The molecule has 2 aliphatic rings. The van der Waals surface area contributed by atoms with Gasteiger partial charge in [0, 0.05) is 24.9 Å². The van der Waals surface area contributed by atoms with Gasteiger partial charge in [0.1, 0.15) is 0 Å². The molecule has 18 heavy (non-hydrogen) atoms. The molecule has 0 bridgehead atoms. The summed E-state index contributed by atoms with van der Waals surface area (Å²) in [5.74, 6) is 1.29. The summed E-state index contributed by atoms with van der Waals surface area (Å²) in [4.78, 5) is 12.2. The summed E-state index contributed by atoms with van der Waals surface area (Å²) >= 11 is 1.98. The van der Waals surface area contributed by atoms with Gasteiger partial charge in [-0.15, -0.1) is 0 Å². The van der Waals surface area contributed by atoms with Gasteiger partial charge in [-0.05, 0) is 25.0 Å². The average Bonchev–Trinajstić information content (AvgIpc) is 2.99. The zero-order chi connectivity index (χ0) is 13.0. The van der Waals surface area contributed by atoms with Crippen LogP contribution in [0.4, 0.5) is 0 Å². The van der Waals surface area contributed by atoms with E-state index in [9.17, 15) is 4.79 Å². The van der Waals surface area contributed by atoms with Crippen LogP contribution in [0, 0.1) is 0 Å². The van der Waals surface area contributed by atoms with Gasteiger partial charge in [0.05, 0.1) is 12.1 Å². The highest BCUT2D eigenvalue weighted by Gasteiger charge is 2.33. The van der Waals surface area contributed by atoms with Crippen LogP contribution < -0.4 is 10.6 Å². The number of ether oxygens (including phenoxy) is 1. The Hall–Kier alpha value is -0.260. The number of carbonyl (C=O) groups excluding carboxylic acids is 1. The summed E-state index contributed by atoms with van der Waals surface area (Å²) in [7, 11) is 1.71. The van der Waals surface area contributed by atoms with Crippen LogP contribution in [0.5, 0.6) is 0 Å². The Morgan fingerprint density at radius 2 is 2.33 bits per heavy atom. The first-order valence-corrected chi connectivity index (χ1v) is 7.97. The standard InChI is InChI=1S/C13H24N2O2S/c1-3-18-12-6-4-5-10(12)15-13(16)11-7-9(17-2)8-14-11/h9-12,14H,3-8H2,1-2H3,(H,15,16). The molecule has 104 valence electrons. The minimum atomic E-state index is -0.0668. The number of rotatable bonds is 5. The molecule has 4 nitrogen and oxygen atoms in total. The summed E-state index contributed by atoms with van der Waals surface area (Å²) in [6, 6.07) is 0.300. The van der Waals surface area contributed by atoms with Gasteiger partial charge in [0.25, 0.3) is 0 Å². The van der Waals surface area contributed by atoms with Gasteiger partial charge in [-0.1, -0.05) is 13.3 Å². The zero-order valence-corrected chi connectivity index (χ0v) is 12.1. The van der Waals surface area contributed by atoms with Crippen LogP contribution in [0.3, 0.4) is 0 Å². The largest absolute Gasteiger partial charge is 0.380 e. The molecule has 2 fully saturated rings. The van der Waals surface area contributed by atoms with Gasteiger partial charge in [-0.2, -0.15) is 11.8 Å². The van der Waals surface area contributed by atoms with Crippen LogP contribution in [0.15, 0.2) is 0 Å². The molecule has 0 aromatic rings. The van der Waals surface area contributed by atoms with Crippen LogP contribution in [-0.2, 0) is 9.53 Å². The molecule has 0 radical (unpaired) electrons. The van der Waals surface area contributed by atoms with Crippen LogP contribution in [0.1, 0.15) is 32.6 Å². The monoisotopic (exact) mass is 272 g/mol. The number of nitrogens with one attached hydrogen (secondary N) is 2. The maximum atomic E-state index is 12.2. The van der Waals surface area contributed by atoms with Crippen molar-refractivity contribution < 1.29 is 9.53 Å². The van der Waals surface area contributed by atoms with Crippen LogP contribution in [-0.4, -0.2) is 48.8 Å². The van der Waals surface area contributed by atoms with E-state index >= 15 is 0 Å². The van der Waals surface area contributed by atoms with Crippen molar-refractivity contribution in [2.75, 3.05) is 19.4 Å². The predicted molar refractivity (Wildman–Crippen MR) is 74.9 cm³/mol. The molecule has 0 aromatic carbocycles. The Morgan fingerprint density at radius 3 is 3.00 bits per heavy atom.